The molecule has 0 fully saturated rings. The molecule has 0 unspecified atom stereocenters. The minimum absolute atomic E-state index is 0.144. The summed E-state index contributed by atoms with van der Waals surface area (Å²) in [5.41, 5.74) is 1.14. The van der Waals surface area contributed by atoms with Crippen LogP contribution in [0.3, 0.4) is 0 Å². The lowest BCUT2D eigenvalue weighted by atomic mass is 10.2. The number of aromatic nitrogens is 1. The zero-order valence-corrected chi connectivity index (χ0v) is 8.77. The molecule has 0 aliphatic heterocycles. The van der Waals surface area contributed by atoms with Crippen molar-refractivity contribution in [3.8, 4) is 0 Å². The number of pyridine rings is 1. The van der Waals surface area contributed by atoms with Crippen LogP contribution in [0.5, 0.6) is 0 Å². The highest BCUT2D eigenvalue weighted by molar-refractivity contribution is 5.08. The molecule has 0 amide bonds. The third-order valence-corrected chi connectivity index (χ3v) is 1.83. The summed E-state index contributed by atoms with van der Waals surface area (Å²) in [6.07, 6.45) is 4.22. The average Bonchev–Trinajstić information content (AvgIpc) is 2.20. The maximum Gasteiger partial charge on any atom is 0.161 e. The van der Waals surface area contributed by atoms with E-state index in [-0.39, 0.29) is 6.29 Å². The molecule has 0 aromatic carbocycles. The largest absolute Gasteiger partial charge is 0.353 e. The molecule has 0 saturated heterocycles. The monoisotopic (exact) mass is 195 g/mol. The number of rotatable bonds is 6. The Bertz CT molecular complexity index is 232. The molecule has 0 aliphatic carbocycles. The van der Waals surface area contributed by atoms with Gasteiger partial charge in [-0.3, -0.25) is 4.98 Å². The first-order chi connectivity index (χ1) is 6.86. The number of ether oxygens (including phenoxy) is 2. The predicted molar refractivity (Wildman–Crippen MR) is 55.0 cm³/mol. The molecule has 0 bridgehead atoms. The van der Waals surface area contributed by atoms with E-state index in [9.17, 15) is 0 Å². The molecule has 0 radical (unpaired) electrons. The number of hydrogen-bond acceptors (Lipinski definition) is 3. The molecule has 0 aliphatic rings. The Morgan fingerprint density at radius 3 is 2.50 bits per heavy atom. The molecule has 78 valence electrons. The first-order valence-electron chi connectivity index (χ1n) is 4.99. The standard InChI is InChI=1S/C11H17NO2/c1-3-13-11(14-4-2)8-10-6-5-7-12-9-10/h5-7,9,11H,3-4,8H2,1-2H3. The predicted octanol–water partition coefficient (Wildman–Crippen LogP) is 2.02. The fraction of sp³-hybridized carbons (Fsp3) is 0.545. The van der Waals surface area contributed by atoms with Crippen molar-refractivity contribution in [1.82, 2.24) is 4.98 Å². The van der Waals surface area contributed by atoms with Crippen molar-refractivity contribution < 1.29 is 9.47 Å². The zero-order chi connectivity index (χ0) is 10.2. The second-order valence-electron chi connectivity index (χ2n) is 2.91. The molecule has 0 saturated carbocycles. The van der Waals surface area contributed by atoms with Gasteiger partial charge in [0, 0.05) is 32.0 Å². The minimum Gasteiger partial charge on any atom is -0.353 e. The van der Waals surface area contributed by atoms with E-state index < -0.39 is 0 Å². The van der Waals surface area contributed by atoms with Crippen LogP contribution in [-0.2, 0) is 15.9 Å². The molecule has 0 spiro atoms. The van der Waals surface area contributed by atoms with E-state index in [1.165, 1.54) is 0 Å². The summed E-state index contributed by atoms with van der Waals surface area (Å²) in [4.78, 5) is 4.05. The molecule has 1 aromatic heterocycles. The highest BCUT2D eigenvalue weighted by Gasteiger charge is 2.08. The highest BCUT2D eigenvalue weighted by atomic mass is 16.7. The van der Waals surface area contributed by atoms with Gasteiger partial charge >= 0.3 is 0 Å². The topological polar surface area (TPSA) is 31.4 Å². The van der Waals surface area contributed by atoms with E-state index in [0.29, 0.717) is 13.2 Å². The van der Waals surface area contributed by atoms with Gasteiger partial charge in [0.25, 0.3) is 0 Å². The zero-order valence-electron chi connectivity index (χ0n) is 8.77. The fourth-order valence-electron chi connectivity index (χ4n) is 1.25. The van der Waals surface area contributed by atoms with Gasteiger partial charge in [-0.05, 0) is 25.5 Å². The SMILES string of the molecule is CCOC(Cc1cccnc1)OCC. The quantitative estimate of drug-likeness (QED) is 0.651. The van der Waals surface area contributed by atoms with Gasteiger partial charge in [0.1, 0.15) is 0 Å². The first-order valence-corrected chi connectivity index (χ1v) is 4.99. The molecule has 1 aromatic rings. The summed E-state index contributed by atoms with van der Waals surface area (Å²) in [7, 11) is 0. The Kier molecular flexibility index (Phi) is 5.19. The van der Waals surface area contributed by atoms with Crippen LogP contribution in [0.4, 0.5) is 0 Å². The van der Waals surface area contributed by atoms with Gasteiger partial charge in [0.05, 0.1) is 0 Å². The van der Waals surface area contributed by atoms with Crippen molar-refractivity contribution in [2.45, 2.75) is 26.6 Å². The minimum atomic E-state index is -0.144. The van der Waals surface area contributed by atoms with Gasteiger partial charge in [0.15, 0.2) is 6.29 Å². The first kappa shape index (κ1) is 11.1. The van der Waals surface area contributed by atoms with Gasteiger partial charge in [-0.25, -0.2) is 0 Å². The van der Waals surface area contributed by atoms with Crippen LogP contribution >= 0.6 is 0 Å². The van der Waals surface area contributed by atoms with Crippen molar-refractivity contribution in [2.24, 2.45) is 0 Å². The average molecular weight is 195 g/mol. The van der Waals surface area contributed by atoms with Crippen molar-refractivity contribution in [3.63, 3.8) is 0 Å². The summed E-state index contributed by atoms with van der Waals surface area (Å²) in [6, 6.07) is 3.95. The molecule has 0 atom stereocenters. The summed E-state index contributed by atoms with van der Waals surface area (Å²) >= 11 is 0. The number of hydrogen-bond donors (Lipinski definition) is 0. The van der Waals surface area contributed by atoms with E-state index >= 15 is 0 Å². The molecule has 3 heteroatoms. The molecular weight excluding hydrogens is 178 g/mol. The summed E-state index contributed by atoms with van der Waals surface area (Å²) in [5.74, 6) is 0. The van der Waals surface area contributed by atoms with Gasteiger partial charge < -0.3 is 9.47 Å². The lowest BCUT2D eigenvalue weighted by Crippen LogP contribution is -2.20. The second kappa shape index (κ2) is 6.51. The lowest BCUT2D eigenvalue weighted by molar-refractivity contribution is -0.134. The maximum absolute atomic E-state index is 5.44. The third kappa shape index (κ3) is 3.85. The summed E-state index contributed by atoms with van der Waals surface area (Å²) in [6.45, 7) is 5.28. The van der Waals surface area contributed by atoms with Crippen molar-refractivity contribution in [3.05, 3.63) is 30.1 Å². The normalized spacial score (nSPS) is 10.8. The van der Waals surface area contributed by atoms with E-state index in [1.807, 2.05) is 32.2 Å². The fourth-order valence-corrected chi connectivity index (χ4v) is 1.25. The lowest BCUT2D eigenvalue weighted by Gasteiger charge is -2.16. The van der Waals surface area contributed by atoms with Crippen LogP contribution in [0.2, 0.25) is 0 Å². The van der Waals surface area contributed by atoms with E-state index in [4.69, 9.17) is 9.47 Å². The Hall–Kier alpha value is -0.930. The van der Waals surface area contributed by atoms with E-state index in [1.54, 1.807) is 6.20 Å². The Labute approximate surface area is 85.1 Å². The summed E-state index contributed by atoms with van der Waals surface area (Å²) < 4.78 is 10.9. The molecular formula is C11H17NO2. The van der Waals surface area contributed by atoms with Crippen molar-refractivity contribution in [2.75, 3.05) is 13.2 Å². The van der Waals surface area contributed by atoms with E-state index in [0.717, 1.165) is 12.0 Å². The van der Waals surface area contributed by atoms with E-state index in [2.05, 4.69) is 4.98 Å². The number of nitrogens with zero attached hydrogens (tertiary/aromatic N) is 1. The Morgan fingerprint density at radius 1 is 1.29 bits per heavy atom. The van der Waals surface area contributed by atoms with Gasteiger partial charge in [-0.15, -0.1) is 0 Å². The second-order valence-corrected chi connectivity index (χ2v) is 2.91. The smallest absolute Gasteiger partial charge is 0.161 e. The van der Waals surface area contributed by atoms with Crippen LogP contribution in [0, 0.1) is 0 Å². The molecule has 3 nitrogen and oxygen atoms in total. The molecule has 1 heterocycles. The van der Waals surface area contributed by atoms with Crippen LogP contribution in [0.25, 0.3) is 0 Å². The molecule has 0 N–H and O–H groups in total. The van der Waals surface area contributed by atoms with Crippen molar-refractivity contribution >= 4 is 0 Å². The van der Waals surface area contributed by atoms with Crippen LogP contribution in [0.1, 0.15) is 19.4 Å². The van der Waals surface area contributed by atoms with Crippen molar-refractivity contribution in [1.29, 1.82) is 0 Å². The van der Waals surface area contributed by atoms with Gasteiger partial charge in [-0.1, -0.05) is 6.07 Å². The molecule has 1 rings (SSSR count). The summed E-state index contributed by atoms with van der Waals surface area (Å²) in [5, 5.41) is 0. The van der Waals surface area contributed by atoms with Crippen LogP contribution in [-0.4, -0.2) is 24.5 Å². The highest BCUT2D eigenvalue weighted by Crippen LogP contribution is 2.05. The maximum atomic E-state index is 5.44. The Morgan fingerprint density at radius 2 is 2.00 bits per heavy atom. The molecule has 14 heavy (non-hydrogen) atoms. The Balaban J connectivity index is 2.46. The van der Waals surface area contributed by atoms with Crippen LogP contribution in [0.15, 0.2) is 24.5 Å². The van der Waals surface area contributed by atoms with Gasteiger partial charge in [-0.2, -0.15) is 0 Å². The van der Waals surface area contributed by atoms with Crippen LogP contribution < -0.4 is 0 Å². The third-order valence-electron chi connectivity index (χ3n) is 1.83. The van der Waals surface area contributed by atoms with Gasteiger partial charge in [0.2, 0.25) is 0 Å².